The van der Waals surface area contributed by atoms with Gasteiger partial charge in [-0.05, 0) is 62.2 Å². The van der Waals surface area contributed by atoms with Crippen LogP contribution < -0.4 is 0 Å². The molecule has 1 aliphatic heterocycles. The molecule has 0 spiro atoms. The molecule has 1 aromatic carbocycles. The highest BCUT2D eigenvalue weighted by atomic mass is 16.5. The zero-order valence-electron chi connectivity index (χ0n) is 19.0. The molecule has 3 rings (SSSR count). The molecule has 168 valence electrons. The number of esters is 1. The Kier molecular flexibility index (Phi) is 6.62. The number of hydrogen-bond acceptors (Lipinski definition) is 5. The summed E-state index contributed by atoms with van der Waals surface area (Å²) in [4.78, 5) is 50.9. The Morgan fingerprint density at radius 1 is 1.00 bits per heavy atom. The lowest BCUT2D eigenvalue weighted by molar-refractivity contribution is -0.134. The zero-order chi connectivity index (χ0) is 23.6. The number of imide groups is 2. The number of aromatic nitrogens is 1. The highest BCUT2D eigenvalue weighted by Crippen LogP contribution is 2.25. The summed E-state index contributed by atoms with van der Waals surface area (Å²) in [7, 11) is 2.69. The molecule has 1 fully saturated rings. The summed E-state index contributed by atoms with van der Waals surface area (Å²) >= 11 is 0. The zero-order valence-corrected chi connectivity index (χ0v) is 19.0. The minimum atomic E-state index is -0.657. The summed E-state index contributed by atoms with van der Waals surface area (Å²) in [6.45, 7) is 6.22. The molecule has 1 aliphatic rings. The van der Waals surface area contributed by atoms with E-state index >= 15 is 0 Å². The molecule has 0 aliphatic carbocycles. The molecule has 2 heterocycles. The van der Waals surface area contributed by atoms with Crippen molar-refractivity contribution in [3.63, 3.8) is 0 Å². The first kappa shape index (κ1) is 23.0. The van der Waals surface area contributed by atoms with Gasteiger partial charge in [-0.2, -0.15) is 0 Å². The largest absolute Gasteiger partial charge is 0.462 e. The van der Waals surface area contributed by atoms with E-state index < -0.39 is 17.8 Å². The molecule has 0 unspecified atom stereocenters. The normalized spacial score (nSPS) is 14.3. The van der Waals surface area contributed by atoms with Crippen LogP contribution in [0.4, 0.5) is 4.79 Å². The van der Waals surface area contributed by atoms with Crippen LogP contribution in [0.5, 0.6) is 0 Å². The monoisotopic (exact) mass is 437 g/mol. The van der Waals surface area contributed by atoms with E-state index in [4.69, 9.17) is 4.74 Å². The van der Waals surface area contributed by atoms with Crippen LogP contribution in [-0.2, 0) is 14.3 Å². The number of unbranched alkanes of at least 4 members (excludes halogenated alkanes) is 1. The van der Waals surface area contributed by atoms with Crippen molar-refractivity contribution in [3.8, 4) is 5.69 Å². The molecule has 4 amide bonds. The molecule has 0 bridgehead atoms. The Labute approximate surface area is 187 Å². The molecule has 8 nitrogen and oxygen atoms in total. The van der Waals surface area contributed by atoms with Crippen LogP contribution in [-0.4, -0.2) is 58.9 Å². The Morgan fingerprint density at radius 3 is 2.16 bits per heavy atom. The molecule has 32 heavy (non-hydrogen) atoms. The molecule has 0 radical (unpaired) electrons. The summed E-state index contributed by atoms with van der Waals surface area (Å²) in [5.41, 5.74) is 3.64. The van der Waals surface area contributed by atoms with Gasteiger partial charge in [-0.3, -0.25) is 19.4 Å². The van der Waals surface area contributed by atoms with E-state index in [9.17, 15) is 19.2 Å². The third-order valence-corrected chi connectivity index (χ3v) is 5.51. The highest BCUT2D eigenvalue weighted by molar-refractivity contribution is 6.30. The van der Waals surface area contributed by atoms with Gasteiger partial charge < -0.3 is 9.30 Å². The van der Waals surface area contributed by atoms with Crippen LogP contribution in [0.2, 0.25) is 0 Å². The highest BCUT2D eigenvalue weighted by Gasteiger charge is 2.38. The van der Waals surface area contributed by atoms with Gasteiger partial charge in [-0.25, -0.2) is 9.59 Å². The number of amides is 4. The van der Waals surface area contributed by atoms with Gasteiger partial charge in [0.2, 0.25) is 0 Å². The van der Waals surface area contributed by atoms with Crippen LogP contribution in [0, 0.1) is 13.8 Å². The molecular formula is C24H27N3O5. The number of urea groups is 1. The van der Waals surface area contributed by atoms with Crippen molar-refractivity contribution >= 4 is 29.9 Å². The summed E-state index contributed by atoms with van der Waals surface area (Å²) in [6, 6.07) is 8.28. The van der Waals surface area contributed by atoms with Gasteiger partial charge in [0.05, 0.1) is 12.2 Å². The molecule has 8 heteroatoms. The maximum Gasteiger partial charge on any atom is 0.338 e. The van der Waals surface area contributed by atoms with Crippen LogP contribution in [0.3, 0.4) is 0 Å². The molecule has 0 saturated carbocycles. The number of hydrogen-bond donors (Lipinski definition) is 0. The van der Waals surface area contributed by atoms with Gasteiger partial charge >= 0.3 is 12.0 Å². The van der Waals surface area contributed by atoms with E-state index in [1.54, 1.807) is 12.1 Å². The molecule has 2 aromatic rings. The fraction of sp³-hybridized carbons (Fsp3) is 0.333. The Morgan fingerprint density at radius 2 is 1.59 bits per heavy atom. The summed E-state index contributed by atoms with van der Waals surface area (Å²) in [5.74, 6) is -1.61. The number of benzene rings is 1. The maximum atomic E-state index is 12.5. The first-order valence-electron chi connectivity index (χ1n) is 10.5. The van der Waals surface area contributed by atoms with Gasteiger partial charge in [0.1, 0.15) is 5.57 Å². The lowest BCUT2D eigenvalue weighted by Crippen LogP contribution is -2.52. The van der Waals surface area contributed by atoms with Crippen LogP contribution in [0.25, 0.3) is 11.8 Å². The Balaban J connectivity index is 1.91. The number of likely N-dealkylation sites (N-methyl/N-ethyl adjacent to an activating group) is 2. The average Bonchev–Trinajstić information content (AvgIpc) is 3.06. The predicted molar refractivity (Wildman–Crippen MR) is 119 cm³/mol. The molecule has 0 N–H and O–H groups in total. The Bertz CT molecular complexity index is 1090. The fourth-order valence-corrected chi connectivity index (χ4v) is 3.60. The topological polar surface area (TPSA) is 88.9 Å². The van der Waals surface area contributed by atoms with E-state index in [2.05, 4.69) is 0 Å². The standard InChI is InChI=1S/C24H27N3O5/c1-6-7-12-32-23(30)17-8-10-19(11-9-17)27-15(2)13-18(16(27)3)14-20-21(28)25(4)24(31)26(5)22(20)29/h8-11,13-14H,6-7,12H2,1-5H3. The van der Waals surface area contributed by atoms with Gasteiger partial charge in [0.15, 0.2) is 0 Å². The first-order valence-corrected chi connectivity index (χ1v) is 10.5. The molecular weight excluding hydrogens is 410 g/mol. The molecule has 1 aromatic heterocycles. The lowest BCUT2D eigenvalue weighted by Gasteiger charge is -2.28. The maximum absolute atomic E-state index is 12.5. The van der Waals surface area contributed by atoms with Crippen LogP contribution in [0.15, 0.2) is 35.9 Å². The van der Waals surface area contributed by atoms with Crippen molar-refractivity contribution in [2.75, 3.05) is 20.7 Å². The summed E-state index contributed by atoms with van der Waals surface area (Å²) in [6.07, 6.45) is 3.30. The van der Waals surface area contributed by atoms with E-state index in [0.717, 1.165) is 39.7 Å². The van der Waals surface area contributed by atoms with Gasteiger partial charge in [0.25, 0.3) is 11.8 Å². The van der Waals surface area contributed by atoms with Crippen molar-refractivity contribution in [1.29, 1.82) is 0 Å². The molecule has 0 atom stereocenters. The minimum Gasteiger partial charge on any atom is -0.462 e. The number of rotatable bonds is 6. The third kappa shape index (κ3) is 4.21. The quantitative estimate of drug-likeness (QED) is 0.299. The predicted octanol–water partition coefficient (Wildman–Crippen LogP) is 3.48. The van der Waals surface area contributed by atoms with Crippen LogP contribution >= 0.6 is 0 Å². The fourth-order valence-electron chi connectivity index (χ4n) is 3.60. The second-order valence-electron chi connectivity index (χ2n) is 7.77. The van der Waals surface area contributed by atoms with E-state index in [0.29, 0.717) is 17.7 Å². The van der Waals surface area contributed by atoms with Crippen molar-refractivity contribution in [2.45, 2.75) is 33.6 Å². The SMILES string of the molecule is CCCCOC(=O)c1ccc(-n2c(C)cc(C=C3C(=O)N(C)C(=O)N(C)C3=O)c2C)cc1. The van der Waals surface area contributed by atoms with Crippen molar-refractivity contribution in [2.24, 2.45) is 0 Å². The second kappa shape index (κ2) is 9.21. The van der Waals surface area contributed by atoms with Crippen molar-refractivity contribution < 1.29 is 23.9 Å². The minimum absolute atomic E-state index is 0.0694. The van der Waals surface area contributed by atoms with Gasteiger partial charge in [-0.15, -0.1) is 0 Å². The van der Waals surface area contributed by atoms with Crippen LogP contribution in [0.1, 0.15) is 47.1 Å². The second-order valence-corrected chi connectivity index (χ2v) is 7.77. The van der Waals surface area contributed by atoms with Crippen molar-refractivity contribution in [1.82, 2.24) is 14.4 Å². The molecule has 1 saturated heterocycles. The lowest BCUT2D eigenvalue weighted by atomic mass is 10.1. The Hall–Kier alpha value is -3.68. The number of carbonyl (C=O) groups is 4. The summed E-state index contributed by atoms with van der Waals surface area (Å²) in [5, 5.41) is 0. The van der Waals surface area contributed by atoms with E-state index in [1.807, 2.05) is 43.5 Å². The van der Waals surface area contributed by atoms with Gasteiger partial charge in [0, 0.05) is 31.2 Å². The van der Waals surface area contributed by atoms with E-state index in [-0.39, 0.29) is 11.5 Å². The van der Waals surface area contributed by atoms with Crippen molar-refractivity contribution in [3.05, 3.63) is 58.4 Å². The smallest absolute Gasteiger partial charge is 0.338 e. The first-order chi connectivity index (χ1) is 15.2. The number of ether oxygens (including phenoxy) is 1. The third-order valence-electron chi connectivity index (χ3n) is 5.51. The van der Waals surface area contributed by atoms with Gasteiger partial charge in [-0.1, -0.05) is 13.3 Å². The number of carbonyl (C=O) groups excluding carboxylic acids is 4. The average molecular weight is 437 g/mol. The summed E-state index contributed by atoms with van der Waals surface area (Å²) < 4.78 is 7.21. The number of nitrogens with zero attached hydrogens (tertiary/aromatic N) is 3. The van der Waals surface area contributed by atoms with E-state index in [1.165, 1.54) is 20.2 Å². The number of barbiturate groups is 1. The number of aryl methyl sites for hydroxylation is 1.